The molecule has 6 aromatic rings. The third-order valence-corrected chi connectivity index (χ3v) is 6.99. The van der Waals surface area contributed by atoms with E-state index in [1.807, 2.05) is 24.3 Å². The van der Waals surface area contributed by atoms with E-state index >= 15 is 0 Å². The molecule has 1 amide bonds. The molecule has 6 nitrogen and oxygen atoms in total. The molecule has 0 fully saturated rings. The minimum Gasteiger partial charge on any atom is -0.478 e. The summed E-state index contributed by atoms with van der Waals surface area (Å²) in [6.45, 7) is 0.182. The van der Waals surface area contributed by atoms with Gasteiger partial charge in [0.15, 0.2) is 0 Å². The van der Waals surface area contributed by atoms with Crippen LogP contribution < -0.4 is 5.32 Å². The maximum absolute atomic E-state index is 13.8. The van der Waals surface area contributed by atoms with Gasteiger partial charge in [0.2, 0.25) is 0 Å². The van der Waals surface area contributed by atoms with E-state index in [0.717, 1.165) is 33.0 Å². The number of fused-ring (bicyclic) bond motifs is 2. The van der Waals surface area contributed by atoms with Gasteiger partial charge in [-0.1, -0.05) is 48.5 Å². The molecule has 202 valence electrons. The fourth-order valence-corrected chi connectivity index (χ4v) is 4.90. The molecule has 0 bridgehead atoms. The first-order valence-electron chi connectivity index (χ1n) is 12.9. The quantitative estimate of drug-likeness (QED) is 0.234. The lowest BCUT2D eigenvalue weighted by atomic mass is 10.0. The molecule has 2 aromatic heterocycles. The van der Waals surface area contributed by atoms with Gasteiger partial charge in [-0.05, 0) is 81.6 Å². The second kappa shape index (κ2) is 10.7. The van der Waals surface area contributed by atoms with Crippen molar-refractivity contribution >= 4 is 28.2 Å². The first-order chi connectivity index (χ1) is 19.8. The Bertz CT molecular complexity index is 1930. The number of halogens is 2. The molecule has 4 aromatic carbocycles. The zero-order valence-electron chi connectivity index (χ0n) is 21.6. The van der Waals surface area contributed by atoms with Gasteiger partial charge in [0.25, 0.3) is 5.91 Å². The van der Waals surface area contributed by atoms with Gasteiger partial charge in [-0.15, -0.1) is 0 Å². The summed E-state index contributed by atoms with van der Waals surface area (Å²) in [7, 11) is 0. The first-order valence-corrected chi connectivity index (χ1v) is 12.9. The van der Waals surface area contributed by atoms with Crippen LogP contribution in [-0.4, -0.2) is 26.4 Å². The van der Waals surface area contributed by atoms with Gasteiger partial charge in [0.1, 0.15) is 23.2 Å². The van der Waals surface area contributed by atoms with Crippen LogP contribution in [0.1, 0.15) is 37.8 Å². The van der Waals surface area contributed by atoms with Gasteiger partial charge in [-0.3, -0.25) is 9.20 Å². The number of carboxylic acids is 1. The van der Waals surface area contributed by atoms with E-state index in [4.69, 9.17) is 5.11 Å². The third kappa shape index (κ3) is 5.40. The Morgan fingerprint density at radius 2 is 1.46 bits per heavy atom. The number of hydrogen-bond donors (Lipinski definition) is 2. The first kappa shape index (κ1) is 25.9. The number of aromatic carboxylic acids is 1. The summed E-state index contributed by atoms with van der Waals surface area (Å²) in [6, 6.07) is 26.4. The van der Waals surface area contributed by atoms with Crippen LogP contribution in [-0.2, 0) is 13.0 Å². The predicted molar refractivity (Wildman–Crippen MR) is 152 cm³/mol. The molecule has 0 unspecified atom stereocenters. The Hall–Kier alpha value is -5.37. The maximum Gasteiger partial charge on any atom is 0.335 e. The van der Waals surface area contributed by atoms with Gasteiger partial charge in [-0.25, -0.2) is 18.6 Å². The van der Waals surface area contributed by atoms with Crippen molar-refractivity contribution in [3.8, 4) is 11.1 Å². The molecule has 6 rings (SSSR count). The molecule has 2 heterocycles. The number of hydrogen-bond acceptors (Lipinski definition) is 3. The molecular weight excluding hydrogens is 524 g/mol. The maximum atomic E-state index is 13.8. The molecule has 0 saturated heterocycles. The van der Waals surface area contributed by atoms with Crippen LogP contribution in [0.3, 0.4) is 0 Å². The van der Waals surface area contributed by atoms with Gasteiger partial charge >= 0.3 is 5.97 Å². The van der Waals surface area contributed by atoms with Crippen LogP contribution in [0.4, 0.5) is 8.78 Å². The lowest BCUT2D eigenvalue weighted by molar-refractivity contribution is 0.0696. The molecule has 8 heteroatoms. The lowest BCUT2D eigenvalue weighted by Gasteiger charge is -2.13. The zero-order valence-corrected chi connectivity index (χ0v) is 21.6. The average Bonchev–Trinajstić information content (AvgIpc) is 3.38. The largest absolute Gasteiger partial charge is 0.478 e. The molecule has 0 atom stereocenters. The average molecular weight is 548 g/mol. The molecule has 0 saturated carbocycles. The lowest BCUT2D eigenvalue weighted by Crippen LogP contribution is -2.25. The summed E-state index contributed by atoms with van der Waals surface area (Å²) in [5.74, 6) is -1.43. The monoisotopic (exact) mass is 547 g/mol. The van der Waals surface area contributed by atoms with E-state index in [0.29, 0.717) is 23.5 Å². The molecule has 0 radical (unpaired) electrons. The Balaban J connectivity index is 1.37. The van der Waals surface area contributed by atoms with Crippen molar-refractivity contribution in [3.63, 3.8) is 0 Å². The Morgan fingerprint density at radius 3 is 2.22 bits per heavy atom. The predicted octanol–water partition coefficient (Wildman–Crippen LogP) is 6.65. The Morgan fingerprint density at radius 1 is 0.756 bits per heavy atom. The molecule has 2 N–H and O–H groups in total. The molecule has 0 spiro atoms. The van der Waals surface area contributed by atoms with Crippen LogP contribution in [0.2, 0.25) is 0 Å². The van der Waals surface area contributed by atoms with Crippen LogP contribution >= 0.6 is 0 Å². The van der Waals surface area contributed by atoms with Gasteiger partial charge in [0.05, 0.1) is 17.3 Å². The number of nitrogens with one attached hydrogen (secondary N) is 1. The summed E-state index contributed by atoms with van der Waals surface area (Å²) in [4.78, 5) is 29.4. The summed E-state index contributed by atoms with van der Waals surface area (Å²) < 4.78 is 29.2. The normalized spacial score (nSPS) is 11.2. The van der Waals surface area contributed by atoms with E-state index in [-0.39, 0.29) is 29.6 Å². The van der Waals surface area contributed by atoms with Gasteiger partial charge < -0.3 is 10.4 Å². The smallest absolute Gasteiger partial charge is 0.335 e. The van der Waals surface area contributed by atoms with Crippen LogP contribution in [0, 0.1) is 11.6 Å². The number of pyridine rings is 1. The fraction of sp³-hybridized carbons (Fsp3) is 0.0606. The Kier molecular flexibility index (Phi) is 6.73. The number of carboxylic acid groups (broad SMARTS) is 1. The van der Waals surface area contributed by atoms with Crippen molar-refractivity contribution in [1.29, 1.82) is 0 Å². The van der Waals surface area contributed by atoms with Crippen molar-refractivity contribution in [1.82, 2.24) is 14.7 Å². The highest BCUT2D eigenvalue weighted by molar-refractivity contribution is 5.95. The zero-order chi connectivity index (χ0) is 28.5. The van der Waals surface area contributed by atoms with Crippen molar-refractivity contribution in [2.24, 2.45) is 0 Å². The summed E-state index contributed by atoms with van der Waals surface area (Å²) in [5, 5.41) is 13.7. The van der Waals surface area contributed by atoms with Crippen molar-refractivity contribution in [2.45, 2.75) is 13.0 Å². The minimum absolute atomic E-state index is 0.160. The third-order valence-electron chi connectivity index (χ3n) is 6.99. The van der Waals surface area contributed by atoms with Crippen LogP contribution in [0.5, 0.6) is 0 Å². The van der Waals surface area contributed by atoms with E-state index < -0.39 is 5.97 Å². The van der Waals surface area contributed by atoms with Crippen molar-refractivity contribution < 1.29 is 23.5 Å². The summed E-state index contributed by atoms with van der Waals surface area (Å²) in [6.07, 6.45) is 2.08. The number of carbonyl (C=O) groups is 2. The highest BCUT2D eigenvalue weighted by atomic mass is 19.1. The molecule has 0 aliphatic carbocycles. The number of amides is 1. The summed E-state index contributed by atoms with van der Waals surface area (Å²) in [5.41, 5.74) is 4.29. The van der Waals surface area contributed by atoms with E-state index in [2.05, 4.69) is 10.3 Å². The molecule has 41 heavy (non-hydrogen) atoms. The topological polar surface area (TPSA) is 83.7 Å². The molecule has 0 aliphatic heterocycles. The molecule has 0 aliphatic rings. The number of aromatic nitrogens is 2. The standard InChI is InChI=1S/C33H23F2N3O3/c34-27-10-7-23(8-11-27)26-16-29-19-36-31(14-21-3-4-22-9-12-28(35)15-25(22)13-21)38(29)30(17-26)32(39)37-18-20-1-5-24(6-2-20)33(40)41/h1-13,15-17,19H,14,18H2,(H,37,39)(H,40,41). The van der Waals surface area contributed by atoms with Crippen LogP contribution in [0.25, 0.3) is 27.4 Å². The highest BCUT2D eigenvalue weighted by Crippen LogP contribution is 2.26. The highest BCUT2D eigenvalue weighted by Gasteiger charge is 2.17. The number of carbonyl (C=O) groups excluding carboxylic acids is 1. The van der Waals surface area contributed by atoms with Crippen molar-refractivity contribution in [3.05, 3.63) is 143 Å². The second-order valence-corrected chi connectivity index (χ2v) is 9.76. The van der Waals surface area contributed by atoms with E-state index in [1.54, 1.807) is 47.0 Å². The van der Waals surface area contributed by atoms with Crippen LogP contribution in [0.15, 0.2) is 103 Å². The van der Waals surface area contributed by atoms with Gasteiger partial charge in [0, 0.05) is 13.0 Å². The van der Waals surface area contributed by atoms with Gasteiger partial charge in [-0.2, -0.15) is 0 Å². The SMILES string of the molecule is O=C(O)c1ccc(CNC(=O)c2cc(-c3ccc(F)cc3)cc3cnc(Cc4ccc5ccc(F)cc5c4)n23)cc1. The number of benzene rings is 4. The molecular formula is C33H23F2N3O3. The number of imidazole rings is 1. The number of nitrogens with zero attached hydrogens (tertiary/aromatic N) is 2. The summed E-state index contributed by atoms with van der Waals surface area (Å²) >= 11 is 0. The Labute approximate surface area is 233 Å². The fourth-order valence-electron chi connectivity index (χ4n) is 4.90. The number of rotatable bonds is 7. The van der Waals surface area contributed by atoms with Crippen molar-refractivity contribution in [2.75, 3.05) is 0 Å². The van der Waals surface area contributed by atoms with E-state index in [9.17, 15) is 18.4 Å². The second-order valence-electron chi connectivity index (χ2n) is 9.76. The van der Waals surface area contributed by atoms with E-state index in [1.165, 1.54) is 36.4 Å². The minimum atomic E-state index is -1.02.